The molecule has 1 saturated heterocycles. The normalized spacial score (nSPS) is 17.3. The van der Waals surface area contributed by atoms with Crippen molar-refractivity contribution in [3.05, 3.63) is 59.7 Å². The largest absolute Gasteiger partial charge is 0.338 e. The van der Waals surface area contributed by atoms with Gasteiger partial charge >= 0.3 is 0 Å². The number of likely N-dealkylation sites (tertiary alicyclic amines) is 1. The summed E-state index contributed by atoms with van der Waals surface area (Å²) in [5.41, 5.74) is 2.31. The molecule has 1 aromatic carbocycles. The highest BCUT2D eigenvalue weighted by Gasteiger charge is 2.28. The van der Waals surface area contributed by atoms with E-state index in [-0.39, 0.29) is 11.8 Å². The van der Waals surface area contributed by atoms with Crippen molar-refractivity contribution in [1.82, 2.24) is 30.3 Å². The lowest BCUT2D eigenvalue weighted by Gasteiger charge is -2.31. The first-order valence-electron chi connectivity index (χ1n) is 8.77. The van der Waals surface area contributed by atoms with E-state index in [4.69, 9.17) is 0 Å². The van der Waals surface area contributed by atoms with Gasteiger partial charge in [-0.3, -0.25) is 9.89 Å². The number of nitrogens with one attached hydrogen (secondary N) is 1. The predicted molar refractivity (Wildman–Crippen MR) is 96.5 cm³/mol. The van der Waals surface area contributed by atoms with Crippen LogP contribution in [-0.2, 0) is 0 Å². The molecule has 7 nitrogen and oxygen atoms in total. The summed E-state index contributed by atoms with van der Waals surface area (Å²) in [5, 5.41) is 15.2. The Kier molecular flexibility index (Phi) is 4.43. The van der Waals surface area contributed by atoms with Crippen LogP contribution in [0.15, 0.2) is 42.6 Å². The molecule has 0 aliphatic carbocycles. The van der Waals surface area contributed by atoms with Crippen LogP contribution in [-0.4, -0.2) is 49.3 Å². The second-order valence-electron chi connectivity index (χ2n) is 6.59. The highest BCUT2D eigenvalue weighted by molar-refractivity contribution is 5.94. The second kappa shape index (κ2) is 7.03. The standard InChI is InChI=1S/C19H20N6O/c1-13-10-16(11-20-22-13)19(26)25-9-5-8-15(12-25)18-21-17(23-24-18)14-6-3-2-4-7-14/h2-4,6-7,10-11,15H,5,8-9,12H2,1H3,(H,21,23,24). The number of H-pyrrole nitrogens is 1. The minimum Gasteiger partial charge on any atom is -0.338 e. The van der Waals surface area contributed by atoms with Gasteiger partial charge < -0.3 is 4.90 Å². The molecule has 7 heteroatoms. The van der Waals surface area contributed by atoms with Gasteiger partial charge in [-0.1, -0.05) is 30.3 Å². The zero-order valence-electron chi connectivity index (χ0n) is 14.6. The number of aromatic amines is 1. The summed E-state index contributed by atoms with van der Waals surface area (Å²) in [6, 6.07) is 11.7. The molecule has 2 aromatic heterocycles. The van der Waals surface area contributed by atoms with Crippen LogP contribution in [0.3, 0.4) is 0 Å². The Hall–Kier alpha value is -3.09. The number of amides is 1. The van der Waals surface area contributed by atoms with Crippen molar-refractivity contribution in [3.63, 3.8) is 0 Å². The molecule has 0 spiro atoms. The summed E-state index contributed by atoms with van der Waals surface area (Å²) in [7, 11) is 0. The van der Waals surface area contributed by atoms with Crippen LogP contribution in [0.4, 0.5) is 0 Å². The second-order valence-corrected chi connectivity index (χ2v) is 6.59. The summed E-state index contributed by atoms with van der Waals surface area (Å²) in [5.74, 6) is 1.69. The molecule has 3 aromatic rings. The van der Waals surface area contributed by atoms with Gasteiger partial charge in [0.25, 0.3) is 5.91 Å². The Morgan fingerprint density at radius 3 is 2.92 bits per heavy atom. The Balaban J connectivity index is 1.50. The van der Waals surface area contributed by atoms with Gasteiger partial charge in [-0.05, 0) is 25.8 Å². The number of benzene rings is 1. The number of carbonyl (C=O) groups is 1. The maximum absolute atomic E-state index is 12.8. The van der Waals surface area contributed by atoms with Crippen LogP contribution in [0.1, 0.15) is 40.6 Å². The van der Waals surface area contributed by atoms with Gasteiger partial charge in [-0.2, -0.15) is 15.3 Å². The molecular weight excluding hydrogens is 328 g/mol. The number of hydrogen-bond donors (Lipinski definition) is 1. The van der Waals surface area contributed by atoms with Crippen LogP contribution in [0.2, 0.25) is 0 Å². The van der Waals surface area contributed by atoms with Gasteiger partial charge in [-0.15, -0.1) is 0 Å². The van der Waals surface area contributed by atoms with Crippen molar-refractivity contribution in [3.8, 4) is 11.4 Å². The lowest BCUT2D eigenvalue weighted by molar-refractivity contribution is 0.0704. The SMILES string of the molecule is Cc1cc(C(=O)N2CCCC(c3nc(-c4ccccc4)n[nH]3)C2)cnn1. The summed E-state index contributed by atoms with van der Waals surface area (Å²) < 4.78 is 0. The Morgan fingerprint density at radius 2 is 2.12 bits per heavy atom. The zero-order valence-corrected chi connectivity index (χ0v) is 14.6. The molecule has 1 amide bonds. The first kappa shape index (κ1) is 16.4. The van der Waals surface area contributed by atoms with E-state index in [1.165, 1.54) is 6.20 Å². The number of piperidine rings is 1. The summed E-state index contributed by atoms with van der Waals surface area (Å²) >= 11 is 0. The molecule has 0 saturated carbocycles. The Bertz CT molecular complexity index is 907. The molecule has 1 atom stereocenters. The minimum atomic E-state index is -0.00417. The van der Waals surface area contributed by atoms with Gasteiger partial charge in [0.2, 0.25) is 0 Å². The van der Waals surface area contributed by atoms with Crippen molar-refractivity contribution in [2.24, 2.45) is 0 Å². The number of nitrogens with zero attached hydrogens (tertiary/aromatic N) is 5. The smallest absolute Gasteiger partial charge is 0.255 e. The zero-order chi connectivity index (χ0) is 17.9. The molecule has 4 rings (SSSR count). The van der Waals surface area contributed by atoms with Gasteiger partial charge in [0, 0.05) is 24.6 Å². The van der Waals surface area contributed by atoms with Crippen LogP contribution in [0.25, 0.3) is 11.4 Å². The molecule has 1 fully saturated rings. The third kappa shape index (κ3) is 3.33. The lowest BCUT2D eigenvalue weighted by atomic mass is 9.97. The molecule has 0 bridgehead atoms. The van der Waals surface area contributed by atoms with Gasteiger partial charge in [0.1, 0.15) is 5.82 Å². The van der Waals surface area contributed by atoms with E-state index in [1.807, 2.05) is 42.2 Å². The van der Waals surface area contributed by atoms with E-state index >= 15 is 0 Å². The molecule has 1 N–H and O–H groups in total. The third-order valence-corrected chi connectivity index (χ3v) is 4.65. The van der Waals surface area contributed by atoms with E-state index in [0.29, 0.717) is 17.9 Å². The van der Waals surface area contributed by atoms with Gasteiger partial charge in [-0.25, -0.2) is 4.98 Å². The quantitative estimate of drug-likeness (QED) is 0.786. The van der Waals surface area contributed by atoms with Crippen LogP contribution in [0.5, 0.6) is 0 Å². The van der Waals surface area contributed by atoms with E-state index in [2.05, 4.69) is 25.4 Å². The van der Waals surface area contributed by atoms with Crippen LogP contribution < -0.4 is 0 Å². The molecule has 3 heterocycles. The van der Waals surface area contributed by atoms with Crippen molar-refractivity contribution in [2.45, 2.75) is 25.7 Å². The fourth-order valence-corrected chi connectivity index (χ4v) is 3.33. The number of rotatable bonds is 3. The maximum Gasteiger partial charge on any atom is 0.255 e. The number of aryl methyl sites for hydroxylation is 1. The van der Waals surface area contributed by atoms with Gasteiger partial charge in [0.05, 0.1) is 17.5 Å². The molecule has 0 radical (unpaired) electrons. The van der Waals surface area contributed by atoms with Crippen molar-refractivity contribution < 1.29 is 4.79 Å². The summed E-state index contributed by atoms with van der Waals surface area (Å²) in [6.45, 7) is 3.21. The molecule has 1 unspecified atom stereocenters. The van der Waals surface area contributed by atoms with E-state index in [0.717, 1.165) is 36.5 Å². The fourth-order valence-electron chi connectivity index (χ4n) is 3.33. The minimum absolute atomic E-state index is 0.00417. The molecular formula is C19H20N6O. The van der Waals surface area contributed by atoms with Crippen molar-refractivity contribution >= 4 is 5.91 Å². The average molecular weight is 348 g/mol. The lowest BCUT2D eigenvalue weighted by Crippen LogP contribution is -2.39. The predicted octanol–water partition coefficient (Wildman–Crippen LogP) is 2.59. The molecule has 26 heavy (non-hydrogen) atoms. The highest BCUT2D eigenvalue weighted by atomic mass is 16.2. The fraction of sp³-hybridized carbons (Fsp3) is 0.316. The highest BCUT2D eigenvalue weighted by Crippen LogP contribution is 2.27. The van der Waals surface area contributed by atoms with E-state index in [1.54, 1.807) is 6.07 Å². The van der Waals surface area contributed by atoms with Crippen LogP contribution in [0, 0.1) is 6.92 Å². The molecule has 1 aliphatic heterocycles. The maximum atomic E-state index is 12.8. The monoisotopic (exact) mass is 348 g/mol. The van der Waals surface area contributed by atoms with E-state index in [9.17, 15) is 4.79 Å². The topological polar surface area (TPSA) is 87.7 Å². The van der Waals surface area contributed by atoms with Crippen LogP contribution >= 0.6 is 0 Å². The molecule has 1 aliphatic rings. The number of carbonyl (C=O) groups excluding carboxylic acids is 1. The third-order valence-electron chi connectivity index (χ3n) is 4.65. The van der Waals surface area contributed by atoms with E-state index < -0.39 is 0 Å². The first-order chi connectivity index (χ1) is 12.7. The average Bonchev–Trinajstić information content (AvgIpc) is 3.18. The number of aromatic nitrogens is 5. The molecule has 132 valence electrons. The van der Waals surface area contributed by atoms with Crippen molar-refractivity contribution in [1.29, 1.82) is 0 Å². The van der Waals surface area contributed by atoms with Gasteiger partial charge in [0.15, 0.2) is 5.82 Å². The Morgan fingerprint density at radius 1 is 1.27 bits per heavy atom. The Labute approximate surface area is 151 Å². The number of hydrogen-bond acceptors (Lipinski definition) is 5. The first-order valence-corrected chi connectivity index (χ1v) is 8.77. The summed E-state index contributed by atoms with van der Waals surface area (Å²) in [4.78, 5) is 19.3. The van der Waals surface area contributed by atoms with Crippen molar-refractivity contribution in [2.75, 3.05) is 13.1 Å². The summed E-state index contributed by atoms with van der Waals surface area (Å²) in [6.07, 6.45) is 3.46.